The third-order valence-corrected chi connectivity index (χ3v) is 3.36. The van der Waals surface area contributed by atoms with Crippen molar-refractivity contribution in [3.63, 3.8) is 0 Å². The number of aliphatic hydroxyl groups excluding tert-OH is 1. The lowest BCUT2D eigenvalue weighted by atomic mass is 9.93. The number of hydrogen-bond acceptors (Lipinski definition) is 2. The Morgan fingerprint density at radius 2 is 2.20 bits per heavy atom. The van der Waals surface area contributed by atoms with Crippen LogP contribution in [-0.2, 0) is 4.79 Å². The SMILES string of the molecule is O=C(CCCCBr)NC1CCCC(O)C1. The van der Waals surface area contributed by atoms with Gasteiger partial charge in [0.05, 0.1) is 6.10 Å². The Bertz CT molecular complexity index is 199. The minimum Gasteiger partial charge on any atom is -0.393 e. The van der Waals surface area contributed by atoms with Crippen molar-refractivity contribution >= 4 is 21.8 Å². The van der Waals surface area contributed by atoms with Crippen LogP contribution in [0.3, 0.4) is 0 Å². The summed E-state index contributed by atoms with van der Waals surface area (Å²) in [5.41, 5.74) is 0. The Morgan fingerprint density at radius 1 is 1.40 bits per heavy atom. The predicted molar refractivity (Wildman–Crippen MR) is 64.1 cm³/mol. The van der Waals surface area contributed by atoms with Crippen LogP contribution in [0.4, 0.5) is 0 Å². The first-order valence-electron chi connectivity index (χ1n) is 5.75. The fourth-order valence-electron chi connectivity index (χ4n) is 1.97. The molecule has 0 heterocycles. The molecule has 1 saturated carbocycles. The number of rotatable bonds is 5. The molecule has 0 radical (unpaired) electrons. The first kappa shape index (κ1) is 13.0. The quantitative estimate of drug-likeness (QED) is 0.596. The molecule has 1 amide bonds. The van der Waals surface area contributed by atoms with Gasteiger partial charge in [-0.3, -0.25) is 4.79 Å². The third kappa shape index (κ3) is 5.52. The summed E-state index contributed by atoms with van der Waals surface area (Å²) >= 11 is 3.34. The number of carbonyl (C=O) groups is 1. The molecule has 3 nitrogen and oxygen atoms in total. The number of alkyl halides is 1. The lowest BCUT2D eigenvalue weighted by Crippen LogP contribution is -2.39. The number of carbonyl (C=O) groups excluding carboxylic acids is 1. The van der Waals surface area contributed by atoms with Gasteiger partial charge in [-0.15, -0.1) is 0 Å². The maximum atomic E-state index is 11.5. The molecule has 2 N–H and O–H groups in total. The predicted octanol–water partition coefficient (Wildman–Crippen LogP) is 1.97. The van der Waals surface area contributed by atoms with Crippen LogP contribution in [0, 0.1) is 0 Å². The van der Waals surface area contributed by atoms with Gasteiger partial charge in [-0.1, -0.05) is 15.9 Å². The van der Waals surface area contributed by atoms with E-state index in [4.69, 9.17) is 0 Å². The topological polar surface area (TPSA) is 49.3 Å². The van der Waals surface area contributed by atoms with E-state index in [1.54, 1.807) is 0 Å². The van der Waals surface area contributed by atoms with Crippen molar-refractivity contribution < 1.29 is 9.90 Å². The van der Waals surface area contributed by atoms with Crippen LogP contribution < -0.4 is 5.32 Å². The second-order valence-electron chi connectivity index (χ2n) is 4.23. The molecule has 88 valence electrons. The Kier molecular flexibility index (Phi) is 6.25. The highest BCUT2D eigenvalue weighted by Gasteiger charge is 2.21. The zero-order valence-corrected chi connectivity index (χ0v) is 10.6. The van der Waals surface area contributed by atoms with E-state index in [-0.39, 0.29) is 18.1 Å². The average molecular weight is 278 g/mol. The number of halogens is 1. The van der Waals surface area contributed by atoms with E-state index >= 15 is 0 Å². The van der Waals surface area contributed by atoms with Gasteiger partial charge in [-0.25, -0.2) is 0 Å². The molecule has 2 unspecified atom stereocenters. The first-order chi connectivity index (χ1) is 7.22. The maximum Gasteiger partial charge on any atom is 0.220 e. The molecule has 1 aliphatic rings. The molecule has 0 spiro atoms. The van der Waals surface area contributed by atoms with Crippen molar-refractivity contribution in [1.82, 2.24) is 5.32 Å². The molecule has 1 fully saturated rings. The fourth-order valence-corrected chi connectivity index (χ4v) is 2.37. The number of amides is 1. The molecule has 15 heavy (non-hydrogen) atoms. The van der Waals surface area contributed by atoms with Crippen LogP contribution in [-0.4, -0.2) is 28.5 Å². The summed E-state index contributed by atoms with van der Waals surface area (Å²) in [6, 6.07) is 0.199. The van der Waals surface area contributed by atoms with Crippen molar-refractivity contribution in [3.05, 3.63) is 0 Å². The molecule has 0 aliphatic heterocycles. The summed E-state index contributed by atoms with van der Waals surface area (Å²) in [7, 11) is 0. The molecule has 1 rings (SSSR count). The molecule has 0 aromatic heterocycles. The highest BCUT2D eigenvalue weighted by molar-refractivity contribution is 9.09. The molecule has 0 saturated heterocycles. The van der Waals surface area contributed by atoms with Crippen LogP contribution in [0.25, 0.3) is 0 Å². The van der Waals surface area contributed by atoms with Crippen LogP contribution in [0.1, 0.15) is 44.9 Å². The van der Waals surface area contributed by atoms with Crippen LogP contribution in [0.5, 0.6) is 0 Å². The van der Waals surface area contributed by atoms with E-state index < -0.39 is 0 Å². The zero-order chi connectivity index (χ0) is 11.1. The third-order valence-electron chi connectivity index (χ3n) is 2.80. The molecular formula is C11H20BrNO2. The Balaban J connectivity index is 2.13. The summed E-state index contributed by atoms with van der Waals surface area (Å²) in [5, 5.41) is 13.4. The van der Waals surface area contributed by atoms with Crippen molar-refractivity contribution in [2.24, 2.45) is 0 Å². The smallest absolute Gasteiger partial charge is 0.220 e. The normalized spacial score (nSPS) is 26.3. The summed E-state index contributed by atoms with van der Waals surface area (Å²) in [5.74, 6) is 0.134. The fraction of sp³-hybridized carbons (Fsp3) is 0.909. The Hall–Kier alpha value is -0.0900. The van der Waals surface area contributed by atoms with Crippen molar-refractivity contribution in [3.8, 4) is 0 Å². The molecule has 1 aliphatic carbocycles. The molecule has 0 bridgehead atoms. The van der Waals surface area contributed by atoms with Gasteiger partial charge in [0.2, 0.25) is 5.91 Å². The summed E-state index contributed by atoms with van der Waals surface area (Å²) in [6.45, 7) is 0. The Labute approximate surface area is 99.8 Å². The zero-order valence-electron chi connectivity index (χ0n) is 9.04. The highest BCUT2D eigenvalue weighted by Crippen LogP contribution is 2.18. The summed E-state index contributed by atoms with van der Waals surface area (Å²) in [6.07, 6.45) is 6.02. The standard InChI is InChI=1S/C11H20BrNO2/c12-7-2-1-6-11(15)13-9-4-3-5-10(14)8-9/h9-10,14H,1-8H2,(H,13,15). The van der Waals surface area contributed by atoms with E-state index in [0.29, 0.717) is 6.42 Å². The monoisotopic (exact) mass is 277 g/mol. The second kappa shape index (κ2) is 7.23. The van der Waals surface area contributed by atoms with Crippen LogP contribution in [0.15, 0.2) is 0 Å². The highest BCUT2D eigenvalue weighted by atomic mass is 79.9. The number of nitrogens with one attached hydrogen (secondary N) is 1. The van der Waals surface area contributed by atoms with E-state index in [1.807, 2.05) is 0 Å². The second-order valence-corrected chi connectivity index (χ2v) is 5.02. The number of hydrogen-bond donors (Lipinski definition) is 2. The van der Waals surface area contributed by atoms with Crippen LogP contribution >= 0.6 is 15.9 Å². The van der Waals surface area contributed by atoms with Gasteiger partial charge in [0.25, 0.3) is 0 Å². The van der Waals surface area contributed by atoms with E-state index in [9.17, 15) is 9.90 Å². The summed E-state index contributed by atoms with van der Waals surface area (Å²) in [4.78, 5) is 11.5. The van der Waals surface area contributed by atoms with E-state index in [1.165, 1.54) is 0 Å². The van der Waals surface area contributed by atoms with Gasteiger partial charge >= 0.3 is 0 Å². The van der Waals surface area contributed by atoms with Gasteiger partial charge < -0.3 is 10.4 Å². The Morgan fingerprint density at radius 3 is 2.87 bits per heavy atom. The first-order valence-corrected chi connectivity index (χ1v) is 6.88. The lowest BCUT2D eigenvalue weighted by molar-refractivity contribution is -0.122. The minimum absolute atomic E-state index is 0.134. The van der Waals surface area contributed by atoms with E-state index in [2.05, 4.69) is 21.2 Å². The average Bonchev–Trinajstić information content (AvgIpc) is 2.18. The van der Waals surface area contributed by atoms with E-state index in [0.717, 1.165) is 43.9 Å². The van der Waals surface area contributed by atoms with Gasteiger partial charge in [0.1, 0.15) is 0 Å². The number of aliphatic hydroxyl groups is 1. The molecule has 0 aromatic rings. The van der Waals surface area contributed by atoms with Crippen molar-refractivity contribution in [2.45, 2.75) is 57.1 Å². The van der Waals surface area contributed by atoms with Crippen molar-refractivity contribution in [2.75, 3.05) is 5.33 Å². The van der Waals surface area contributed by atoms with Gasteiger partial charge in [-0.2, -0.15) is 0 Å². The van der Waals surface area contributed by atoms with Gasteiger partial charge in [-0.05, 0) is 38.5 Å². The lowest BCUT2D eigenvalue weighted by Gasteiger charge is -2.26. The molecule has 0 aromatic carbocycles. The number of unbranched alkanes of at least 4 members (excludes halogenated alkanes) is 1. The van der Waals surface area contributed by atoms with Gasteiger partial charge in [0, 0.05) is 17.8 Å². The molecular weight excluding hydrogens is 258 g/mol. The minimum atomic E-state index is -0.216. The van der Waals surface area contributed by atoms with Crippen molar-refractivity contribution in [1.29, 1.82) is 0 Å². The maximum absolute atomic E-state index is 11.5. The van der Waals surface area contributed by atoms with Gasteiger partial charge in [0.15, 0.2) is 0 Å². The van der Waals surface area contributed by atoms with Crippen LogP contribution in [0.2, 0.25) is 0 Å². The molecule has 4 heteroatoms. The largest absolute Gasteiger partial charge is 0.393 e. The summed E-state index contributed by atoms with van der Waals surface area (Å²) < 4.78 is 0. The molecule has 2 atom stereocenters.